The highest BCUT2D eigenvalue weighted by Gasteiger charge is 2.26. The number of hydrogen-bond acceptors (Lipinski definition) is 3. The van der Waals surface area contributed by atoms with Crippen molar-refractivity contribution in [2.75, 3.05) is 6.54 Å². The molecule has 1 heterocycles. The Kier molecular flexibility index (Phi) is 3.67. The lowest BCUT2D eigenvalue weighted by atomic mass is 10.0. The fourth-order valence-electron chi connectivity index (χ4n) is 2.71. The van der Waals surface area contributed by atoms with Crippen molar-refractivity contribution in [1.82, 2.24) is 10.6 Å². The second-order valence-electron chi connectivity index (χ2n) is 5.31. The van der Waals surface area contributed by atoms with Gasteiger partial charge < -0.3 is 16.4 Å². The van der Waals surface area contributed by atoms with E-state index in [4.69, 9.17) is 5.73 Å². The summed E-state index contributed by atoms with van der Waals surface area (Å²) in [5, 5.41) is 8.52. The quantitative estimate of drug-likeness (QED) is 0.783. The van der Waals surface area contributed by atoms with E-state index in [0.717, 1.165) is 5.56 Å². The maximum atomic E-state index is 12.1. The highest BCUT2D eigenvalue weighted by Crippen LogP contribution is 2.18. The first-order chi connectivity index (χ1) is 9.74. The van der Waals surface area contributed by atoms with E-state index in [-0.39, 0.29) is 18.0 Å². The summed E-state index contributed by atoms with van der Waals surface area (Å²) in [6.07, 6.45) is 0.710. The molecule has 1 aliphatic rings. The molecule has 104 valence electrons. The number of carbonyl (C=O) groups is 1. The Labute approximate surface area is 118 Å². The van der Waals surface area contributed by atoms with Crippen LogP contribution in [-0.2, 0) is 11.3 Å². The van der Waals surface area contributed by atoms with Crippen molar-refractivity contribution in [1.29, 1.82) is 0 Å². The molecule has 0 aromatic heterocycles. The molecule has 1 amide bonds. The van der Waals surface area contributed by atoms with Crippen LogP contribution in [0.1, 0.15) is 12.0 Å². The van der Waals surface area contributed by atoms with Gasteiger partial charge in [0.05, 0.1) is 6.04 Å². The molecule has 0 spiro atoms. The van der Waals surface area contributed by atoms with Crippen LogP contribution in [-0.4, -0.2) is 24.5 Å². The van der Waals surface area contributed by atoms with Gasteiger partial charge in [-0.1, -0.05) is 42.5 Å². The molecule has 4 N–H and O–H groups in total. The minimum Gasteiger partial charge on any atom is -0.351 e. The number of rotatable bonds is 3. The summed E-state index contributed by atoms with van der Waals surface area (Å²) in [6, 6.07) is 14.3. The largest absolute Gasteiger partial charge is 0.351 e. The van der Waals surface area contributed by atoms with Crippen LogP contribution < -0.4 is 16.4 Å². The lowest BCUT2D eigenvalue weighted by Gasteiger charge is -2.12. The van der Waals surface area contributed by atoms with E-state index in [1.54, 1.807) is 0 Å². The number of nitrogens with one attached hydrogen (secondary N) is 2. The van der Waals surface area contributed by atoms with E-state index in [1.165, 1.54) is 10.8 Å². The lowest BCUT2D eigenvalue weighted by Crippen LogP contribution is -2.40. The van der Waals surface area contributed by atoms with Crippen LogP contribution in [0.4, 0.5) is 0 Å². The summed E-state index contributed by atoms with van der Waals surface area (Å²) in [5.74, 6) is 0.0332. The zero-order chi connectivity index (χ0) is 13.9. The topological polar surface area (TPSA) is 67.1 Å². The molecule has 0 unspecified atom stereocenters. The Balaban J connectivity index is 1.69. The molecular formula is C16H19N3O. The van der Waals surface area contributed by atoms with Crippen molar-refractivity contribution >= 4 is 16.7 Å². The number of hydrogen-bond donors (Lipinski definition) is 3. The first-order valence-electron chi connectivity index (χ1n) is 6.97. The van der Waals surface area contributed by atoms with Gasteiger partial charge >= 0.3 is 0 Å². The molecule has 4 nitrogen and oxygen atoms in total. The van der Waals surface area contributed by atoms with E-state index in [0.29, 0.717) is 19.5 Å². The van der Waals surface area contributed by atoms with E-state index >= 15 is 0 Å². The molecule has 2 aromatic rings. The minimum absolute atomic E-state index is 0.0332. The van der Waals surface area contributed by atoms with Gasteiger partial charge in [-0.3, -0.25) is 4.79 Å². The maximum Gasteiger partial charge on any atom is 0.237 e. The fourth-order valence-corrected chi connectivity index (χ4v) is 2.71. The summed E-state index contributed by atoms with van der Waals surface area (Å²) in [5.41, 5.74) is 6.94. The number of carbonyl (C=O) groups excluding carboxylic acids is 1. The molecule has 1 aliphatic heterocycles. The summed E-state index contributed by atoms with van der Waals surface area (Å²) in [4.78, 5) is 12.1. The van der Waals surface area contributed by atoms with Gasteiger partial charge in [0.1, 0.15) is 0 Å². The molecule has 1 saturated heterocycles. The maximum absolute atomic E-state index is 12.1. The Morgan fingerprint density at radius 3 is 2.85 bits per heavy atom. The number of fused-ring (bicyclic) bond motifs is 1. The molecule has 1 fully saturated rings. The standard InChI is InChI=1S/C16H19N3O/c17-13-8-15(18-10-13)16(20)19-9-12-6-3-5-11-4-1-2-7-14(11)12/h1-7,13,15,18H,8-10,17H2,(H,19,20)/t13-,15-/m0/s1. The van der Waals surface area contributed by atoms with Gasteiger partial charge in [-0.2, -0.15) is 0 Å². The lowest BCUT2D eigenvalue weighted by molar-refractivity contribution is -0.122. The molecule has 0 aliphatic carbocycles. The van der Waals surface area contributed by atoms with Gasteiger partial charge in [0.25, 0.3) is 0 Å². The predicted octanol–water partition coefficient (Wildman–Crippen LogP) is 1.15. The second kappa shape index (κ2) is 5.61. The predicted molar refractivity (Wildman–Crippen MR) is 80.2 cm³/mol. The van der Waals surface area contributed by atoms with Crippen molar-refractivity contribution in [3.8, 4) is 0 Å². The molecule has 2 aromatic carbocycles. The van der Waals surface area contributed by atoms with E-state index in [1.807, 2.05) is 18.2 Å². The highest BCUT2D eigenvalue weighted by atomic mass is 16.2. The Hall–Kier alpha value is -1.91. The SMILES string of the molecule is N[C@@H]1CN[C@H](C(=O)NCc2cccc3ccccc23)C1. The Morgan fingerprint density at radius 1 is 1.25 bits per heavy atom. The number of benzene rings is 2. The van der Waals surface area contributed by atoms with Gasteiger partial charge in [-0.25, -0.2) is 0 Å². The summed E-state index contributed by atoms with van der Waals surface area (Å²) in [7, 11) is 0. The first-order valence-corrected chi connectivity index (χ1v) is 6.97. The minimum atomic E-state index is -0.153. The van der Waals surface area contributed by atoms with Gasteiger partial charge in [0.15, 0.2) is 0 Å². The van der Waals surface area contributed by atoms with Gasteiger partial charge in [-0.05, 0) is 22.8 Å². The number of nitrogens with two attached hydrogens (primary N) is 1. The van der Waals surface area contributed by atoms with Crippen molar-refractivity contribution < 1.29 is 4.79 Å². The summed E-state index contributed by atoms with van der Waals surface area (Å²) < 4.78 is 0. The van der Waals surface area contributed by atoms with Crippen LogP contribution in [0.2, 0.25) is 0 Å². The van der Waals surface area contributed by atoms with Crippen molar-refractivity contribution in [2.24, 2.45) is 5.73 Å². The van der Waals surface area contributed by atoms with Gasteiger partial charge in [0.2, 0.25) is 5.91 Å². The van der Waals surface area contributed by atoms with Crippen LogP contribution in [0, 0.1) is 0 Å². The smallest absolute Gasteiger partial charge is 0.237 e. The molecule has 0 bridgehead atoms. The summed E-state index contributed by atoms with van der Waals surface area (Å²) >= 11 is 0. The molecule has 2 atom stereocenters. The van der Waals surface area contributed by atoms with Crippen LogP contribution in [0.25, 0.3) is 10.8 Å². The van der Waals surface area contributed by atoms with Gasteiger partial charge in [-0.15, -0.1) is 0 Å². The van der Waals surface area contributed by atoms with E-state index in [9.17, 15) is 4.79 Å². The highest BCUT2D eigenvalue weighted by molar-refractivity contribution is 5.87. The van der Waals surface area contributed by atoms with E-state index < -0.39 is 0 Å². The molecule has 4 heteroatoms. The Bertz CT molecular complexity index is 621. The molecule has 3 rings (SSSR count). The Morgan fingerprint density at radius 2 is 2.05 bits per heavy atom. The average Bonchev–Trinajstić information content (AvgIpc) is 2.91. The summed E-state index contributed by atoms with van der Waals surface area (Å²) in [6.45, 7) is 1.26. The van der Waals surface area contributed by atoms with Crippen molar-refractivity contribution in [2.45, 2.75) is 25.0 Å². The number of amides is 1. The second-order valence-corrected chi connectivity index (χ2v) is 5.31. The normalized spacial score (nSPS) is 22.1. The van der Waals surface area contributed by atoms with Crippen molar-refractivity contribution in [3.05, 3.63) is 48.0 Å². The third-order valence-electron chi connectivity index (χ3n) is 3.81. The van der Waals surface area contributed by atoms with Crippen LogP contribution in [0.3, 0.4) is 0 Å². The average molecular weight is 269 g/mol. The van der Waals surface area contributed by atoms with E-state index in [2.05, 4.69) is 34.9 Å². The van der Waals surface area contributed by atoms with Gasteiger partial charge in [0, 0.05) is 19.1 Å². The monoisotopic (exact) mass is 269 g/mol. The van der Waals surface area contributed by atoms with Crippen molar-refractivity contribution in [3.63, 3.8) is 0 Å². The zero-order valence-electron chi connectivity index (χ0n) is 11.3. The zero-order valence-corrected chi connectivity index (χ0v) is 11.3. The fraction of sp³-hybridized carbons (Fsp3) is 0.312. The molecule has 0 radical (unpaired) electrons. The third kappa shape index (κ3) is 2.66. The van der Waals surface area contributed by atoms with Crippen LogP contribution in [0.5, 0.6) is 0 Å². The molecular weight excluding hydrogens is 250 g/mol. The molecule has 20 heavy (non-hydrogen) atoms. The first kappa shape index (κ1) is 13.1. The van der Waals surface area contributed by atoms with Crippen LogP contribution in [0.15, 0.2) is 42.5 Å². The molecule has 0 saturated carbocycles. The third-order valence-corrected chi connectivity index (χ3v) is 3.81. The van der Waals surface area contributed by atoms with Crippen LogP contribution >= 0.6 is 0 Å².